The number of carbonyl (C=O) groups excluding carboxylic acids is 1. The monoisotopic (exact) mass is 570 g/mol. The van der Waals surface area contributed by atoms with Gasteiger partial charge in [-0.25, -0.2) is 0 Å². The lowest BCUT2D eigenvalue weighted by Gasteiger charge is -2.39. The van der Waals surface area contributed by atoms with Crippen molar-refractivity contribution in [3.8, 4) is 0 Å². The van der Waals surface area contributed by atoms with Gasteiger partial charge in [-0.1, -0.05) is 36.4 Å². The molecular weight excluding hydrogens is 529 g/mol. The van der Waals surface area contributed by atoms with E-state index >= 15 is 0 Å². The number of nitrogens with two attached hydrogens (primary N) is 1. The van der Waals surface area contributed by atoms with Crippen molar-refractivity contribution in [1.29, 1.82) is 5.41 Å². The molecule has 0 radical (unpaired) electrons. The number of nitrogens with zero attached hydrogens (tertiary/aromatic N) is 1. The number of nitrogen functional groups attached to an aromatic ring is 1. The van der Waals surface area contributed by atoms with Crippen molar-refractivity contribution < 1.29 is 18.0 Å². The number of hydrogen-bond acceptors (Lipinski definition) is 6. The molecule has 4 N–H and O–H groups in total. The predicted molar refractivity (Wildman–Crippen MR) is 158 cm³/mol. The maximum atomic E-state index is 12.4. The second-order valence-corrected chi connectivity index (χ2v) is 11.3. The van der Waals surface area contributed by atoms with Crippen molar-refractivity contribution in [2.75, 3.05) is 45.1 Å². The zero-order valence-corrected chi connectivity index (χ0v) is 24.5. The molecule has 0 aromatic heterocycles. The van der Waals surface area contributed by atoms with Crippen LogP contribution in [0.2, 0.25) is 0 Å². The second kappa shape index (κ2) is 16.7. The molecule has 0 spiro atoms. The smallest absolute Gasteiger partial charge is 0.391 e. The van der Waals surface area contributed by atoms with Crippen LogP contribution in [-0.4, -0.2) is 67.5 Å². The third-order valence-corrected chi connectivity index (χ3v) is 7.48. The van der Waals surface area contributed by atoms with Gasteiger partial charge in [-0.3, -0.25) is 9.69 Å². The first-order valence-electron chi connectivity index (χ1n) is 12.3. The van der Waals surface area contributed by atoms with E-state index in [1.807, 2.05) is 75.1 Å². The lowest BCUT2D eigenvalue weighted by molar-refractivity contribution is -0.147. The molecule has 3 rings (SSSR count). The van der Waals surface area contributed by atoms with E-state index in [0.717, 1.165) is 24.0 Å². The molecule has 2 aromatic carbocycles. The minimum atomic E-state index is -3.89. The Labute approximate surface area is 234 Å². The molecule has 1 fully saturated rings. The molecule has 1 aliphatic carbocycles. The van der Waals surface area contributed by atoms with Crippen LogP contribution < -0.4 is 11.1 Å². The molecule has 0 bridgehead atoms. The zero-order chi connectivity index (χ0) is 28.8. The molecular formula is C28H41F3N4OS2. The first kappa shape index (κ1) is 33.9. The average molecular weight is 571 g/mol. The fourth-order valence-corrected chi connectivity index (χ4v) is 4.41. The van der Waals surface area contributed by atoms with E-state index in [-0.39, 0.29) is 10.8 Å². The molecule has 1 unspecified atom stereocenters. The number of halogens is 3. The summed E-state index contributed by atoms with van der Waals surface area (Å²) in [5.41, 5.74) is 9.50. The van der Waals surface area contributed by atoms with E-state index < -0.39 is 12.1 Å². The second-order valence-electron chi connectivity index (χ2n) is 9.32. The van der Waals surface area contributed by atoms with E-state index in [0.29, 0.717) is 31.5 Å². The van der Waals surface area contributed by atoms with Crippen LogP contribution in [0.3, 0.4) is 0 Å². The molecule has 0 heterocycles. The van der Waals surface area contributed by atoms with Crippen molar-refractivity contribution >= 4 is 41.3 Å². The lowest BCUT2D eigenvalue weighted by Crippen LogP contribution is -2.51. The number of thioether (sulfide) groups is 2. The van der Waals surface area contributed by atoms with Gasteiger partial charge >= 0.3 is 6.18 Å². The molecule has 0 aliphatic heterocycles. The largest absolute Gasteiger partial charge is 0.398 e. The standard InChI is InChI=1S/C22H30N4OS.C4H5F3.C2H6S/c1-26(2)22(28-3,14-18-9-11-20(24)19(13-18)15-23)16-25-21(27)12-10-17-7-5-4-6-8-17;5-4(6,7)3-1-2-3;1-3-2/h4-9,11,13,15,23H,10,12,14,16,24H2,1-3H3,(H,25,27);3H,1-2H2;1-2H3. The first-order chi connectivity index (χ1) is 17.9. The highest BCUT2D eigenvalue weighted by molar-refractivity contribution is 8.00. The third-order valence-electron chi connectivity index (χ3n) is 6.07. The average Bonchev–Trinajstić information content (AvgIpc) is 3.74. The number of anilines is 1. The van der Waals surface area contributed by atoms with Crippen molar-refractivity contribution in [1.82, 2.24) is 10.2 Å². The number of amides is 1. The van der Waals surface area contributed by atoms with Crippen molar-refractivity contribution in [2.24, 2.45) is 5.92 Å². The Hall–Kier alpha value is -2.17. The third kappa shape index (κ3) is 12.1. The van der Waals surface area contributed by atoms with Crippen LogP contribution in [0.25, 0.3) is 0 Å². The van der Waals surface area contributed by atoms with E-state index in [1.165, 1.54) is 11.8 Å². The maximum absolute atomic E-state index is 12.4. The molecule has 1 aliphatic rings. The summed E-state index contributed by atoms with van der Waals surface area (Å²) in [4.78, 5) is 14.3. The van der Waals surface area contributed by atoms with Gasteiger partial charge in [0.2, 0.25) is 5.91 Å². The number of rotatable bonds is 10. The number of hydrogen-bond donors (Lipinski definition) is 3. The molecule has 38 heavy (non-hydrogen) atoms. The number of nitrogens with one attached hydrogen (secondary N) is 2. The summed E-state index contributed by atoms with van der Waals surface area (Å²) in [6, 6.07) is 15.8. The summed E-state index contributed by atoms with van der Waals surface area (Å²) in [5, 5.41) is 10.6. The van der Waals surface area contributed by atoms with Gasteiger partial charge in [-0.15, -0.1) is 11.8 Å². The molecule has 212 valence electrons. The fraction of sp³-hybridized carbons (Fsp3) is 0.500. The number of alkyl halides is 3. The molecule has 2 aromatic rings. The number of likely N-dealkylation sites (N-methyl/N-ethyl adjacent to an activating group) is 1. The highest BCUT2D eigenvalue weighted by Gasteiger charge is 2.46. The van der Waals surface area contributed by atoms with Crippen LogP contribution in [0.1, 0.15) is 36.0 Å². The van der Waals surface area contributed by atoms with Crippen LogP contribution in [0.5, 0.6) is 0 Å². The highest BCUT2D eigenvalue weighted by Crippen LogP contribution is 2.43. The van der Waals surface area contributed by atoms with Gasteiger partial charge in [0, 0.05) is 36.9 Å². The van der Waals surface area contributed by atoms with Crippen LogP contribution in [0.4, 0.5) is 18.9 Å². The van der Waals surface area contributed by atoms with Crippen molar-refractivity contribution in [3.05, 3.63) is 65.2 Å². The summed E-state index contributed by atoms with van der Waals surface area (Å²) in [5.74, 6) is -0.894. The number of carbonyl (C=O) groups is 1. The summed E-state index contributed by atoms with van der Waals surface area (Å²) < 4.78 is 33.7. The van der Waals surface area contributed by atoms with Gasteiger partial charge in [-0.05, 0) is 75.4 Å². The van der Waals surface area contributed by atoms with Crippen LogP contribution >= 0.6 is 23.5 Å². The first-order valence-corrected chi connectivity index (χ1v) is 15.2. The molecule has 5 nitrogen and oxygen atoms in total. The Morgan fingerprint density at radius 2 is 1.71 bits per heavy atom. The summed E-state index contributed by atoms with van der Waals surface area (Å²) in [6.07, 6.45) is 6.18. The summed E-state index contributed by atoms with van der Waals surface area (Å²) in [7, 11) is 4.06. The molecule has 1 amide bonds. The lowest BCUT2D eigenvalue weighted by atomic mass is 10.0. The Bertz CT molecular complexity index is 986. The van der Waals surface area contributed by atoms with E-state index in [1.54, 1.807) is 23.5 Å². The van der Waals surface area contributed by atoms with Gasteiger partial charge < -0.3 is 16.5 Å². The molecule has 0 saturated heterocycles. The zero-order valence-electron chi connectivity index (χ0n) is 22.9. The van der Waals surface area contributed by atoms with Crippen LogP contribution in [-0.2, 0) is 17.6 Å². The fourth-order valence-electron chi connectivity index (χ4n) is 3.52. The van der Waals surface area contributed by atoms with E-state index in [2.05, 4.69) is 16.5 Å². The molecule has 10 heteroatoms. The highest BCUT2D eigenvalue weighted by atomic mass is 32.2. The predicted octanol–water partition coefficient (Wildman–Crippen LogP) is 6.12. The normalized spacial score (nSPS) is 14.3. The Morgan fingerprint density at radius 1 is 1.11 bits per heavy atom. The SMILES string of the molecule is CSC.CSC(CNC(=O)CCc1ccccc1)(Cc1ccc(N)c(C=N)c1)N(C)C.FC(F)(F)C1CC1. The Kier molecular flexibility index (Phi) is 14.9. The van der Waals surface area contributed by atoms with Gasteiger partial charge in [-0.2, -0.15) is 24.9 Å². The van der Waals surface area contributed by atoms with Gasteiger partial charge in [0.1, 0.15) is 0 Å². The maximum Gasteiger partial charge on any atom is 0.391 e. The summed E-state index contributed by atoms with van der Waals surface area (Å²) >= 11 is 3.47. The number of benzene rings is 2. The topological polar surface area (TPSA) is 82.2 Å². The van der Waals surface area contributed by atoms with Gasteiger partial charge in [0.25, 0.3) is 0 Å². The van der Waals surface area contributed by atoms with Crippen molar-refractivity contribution in [3.63, 3.8) is 0 Å². The van der Waals surface area contributed by atoms with Crippen LogP contribution in [0, 0.1) is 11.3 Å². The molecule has 1 saturated carbocycles. The van der Waals surface area contributed by atoms with Gasteiger partial charge in [0.15, 0.2) is 0 Å². The van der Waals surface area contributed by atoms with E-state index in [4.69, 9.17) is 11.1 Å². The summed E-state index contributed by atoms with van der Waals surface area (Å²) in [6.45, 7) is 0.541. The minimum Gasteiger partial charge on any atom is -0.398 e. The van der Waals surface area contributed by atoms with Crippen molar-refractivity contribution in [2.45, 2.75) is 43.2 Å². The number of aryl methyl sites for hydroxylation is 1. The molecule has 1 atom stereocenters. The van der Waals surface area contributed by atoms with Gasteiger partial charge in [0.05, 0.1) is 10.8 Å². The van der Waals surface area contributed by atoms with E-state index in [9.17, 15) is 18.0 Å². The Balaban J connectivity index is 0.000000605. The Morgan fingerprint density at radius 3 is 2.16 bits per heavy atom. The minimum absolute atomic E-state index is 0.0571. The van der Waals surface area contributed by atoms with Crippen LogP contribution in [0.15, 0.2) is 48.5 Å². The quantitative estimate of drug-likeness (QED) is 0.182.